The van der Waals surface area contributed by atoms with Crippen molar-refractivity contribution in [3.8, 4) is 0 Å². The van der Waals surface area contributed by atoms with Crippen LogP contribution in [0.3, 0.4) is 0 Å². The number of benzene rings is 1. The third-order valence-electron chi connectivity index (χ3n) is 4.25. The first-order chi connectivity index (χ1) is 10.8. The molecule has 1 aromatic rings. The molecule has 0 spiro atoms. The Bertz CT molecular complexity index is 485. The maximum absolute atomic E-state index is 12.4. The van der Waals surface area contributed by atoms with Crippen molar-refractivity contribution >= 4 is 0 Å². The highest BCUT2D eigenvalue weighted by Crippen LogP contribution is 2.22. The number of nitrogens with zero attached hydrogens (tertiary/aromatic N) is 1. The fourth-order valence-electron chi connectivity index (χ4n) is 2.91. The van der Waals surface area contributed by atoms with Crippen LogP contribution in [0.5, 0.6) is 0 Å². The number of piperidine rings is 1. The monoisotopic (exact) mass is 330 g/mol. The fourth-order valence-corrected chi connectivity index (χ4v) is 2.91. The molecule has 0 aromatic heterocycles. The van der Waals surface area contributed by atoms with Gasteiger partial charge in [0.1, 0.15) is 0 Å². The molecule has 130 valence electrons. The molecule has 0 saturated carbocycles. The Kier molecular flexibility index (Phi) is 6.44. The molecule has 0 amide bonds. The zero-order chi connectivity index (χ0) is 16.9. The summed E-state index contributed by atoms with van der Waals surface area (Å²) in [6.07, 6.45) is -3.60. The predicted molar refractivity (Wildman–Crippen MR) is 83.9 cm³/mol. The van der Waals surface area contributed by atoms with Crippen LogP contribution in [0.2, 0.25) is 0 Å². The van der Waals surface area contributed by atoms with Crippen LogP contribution < -0.4 is 5.32 Å². The van der Waals surface area contributed by atoms with Crippen LogP contribution in [0.15, 0.2) is 24.3 Å². The summed E-state index contributed by atoms with van der Waals surface area (Å²) >= 11 is 0. The molecule has 1 aromatic carbocycles. The van der Waals surface area contributed by atoms with E-state index in [4.69, 9.17) is 0 Å². The molecule has 0 radical (unpaired) electrons. The number of aliphatic hydroxyl groups excluding tert-OH is 1. The number of aliphatic hydroxyl groups is 1. The van der Waals surface area contributed by atoms with E-state index in [0.717, 1.165) is 43.6 Å². The lowest BCUT2D eigenvalue weighted by molar-refractivity contribution is -0.139. The van der Waals surface area contributed by atoms with Crippen molar-refractivity contribution in [3.63, 3.8) is 0 Å². The Hall–Kier alpha value is -1.11. The van der Waals surface area contributed by atoms with Crippen molar-refractivity contribution in [3.05, 3.63) is 35.4 Å². The lowest BCUT2D eigenvalue weighted by atomic mass is 10.0. The standard InChI is InChI=1S/C17H25F3N2O/c1-13(10-17(18,19)20)21-11-14-4-2-3-5-15(14)12-22-8-6-16(23)7-9-22/h2-5,13,16,21,23H,6-12H2,1H3. The number of hydrogen-bond donors (Lipinski definition) is 2. The number of hydrogen-bond acceptors (Lipinski definition) is 3. The van der Waals surface area contributed by atoms with E-state index >= 15 is 0 Å². The van der Waals surface area contributed by atoms with E-state index in [1.165, 1.54) is 0 Å². The summed E-state index contributed by atoms with van der Waals surface area (Å²) in [4.78, 5) is 2.28. The molecular formula is C17H25F3N2O. The van der Waals surface area contributed by atoms with Crippen molar-refractivity contribution < 1.29 is 18.3 Å². The average molecular weight is 330 g/mol. The zero-order valence-electron chi connectivity index (χ0n) is 13.4. The molecule has 1 saturated heterocycles. The van der Waals surface area contributed by atoms with Gasteiger partial charge in [-0.15, -0.1) is 0 Å². The summed E-state index contributed by atoms with van der Waals surface area (Å²) < 4.78 is 37.2. The van der Waals surface area contributed by atoms with Gasteiger partial charge in [0.05, 0.1) is 12.5 Å². The number of nitrogens with one attached hydrogen (secondary N) is 1. The van der Waals surface area contributed by atoms with E-state index in [9.17, 15) is 18.3 Å². The van der Waals surface area contributed by atoms with Crippen molar-refractivity contribution in [1.29, 1.82) is 0 Å². The van der Waals surface area contributed by atoms with Gasteiger partial charge in [0.25, 0.3) is 0 Å². The van der Waals surface area contributed by atoms with Gasteiger partial charge >= 0.3 is 6.18 Å². The smallest absolute Gasteiger partial charge is 0.390 e. The Morgan fingerprint density at radius 1 is 1.22 bits per heavy atom. The minimum atomic E-state index is -4.14. The largest absolute Gasteiger partial charge is 0.393 e. The second-order valence-electron chi connectivity index (χ2n) is 6.38. The molecular weight excluding hydrogens is 305 g/mol. The number of rotatable bonds is 6. The van der Waals surface area contributed by atoms with Crippen LogP contribution in [0.1, 0.15) is 37.3 Å². The van der Waals surface area contributed by atoms with E-state index in [2.05, 4.69) is 10.2 Å². The Balaban J connectivity index is 1.90. The lowest BCUT2D eigenvalue weighted by Crippen LogP contribution is -2.36. The zero-order valence-corrected chi connectivity index (χ0v) is 13.4. The van der Waals surface area contributed by atoms with Gasteiger partial charge in [-0.2, -0.15) is 13.2 Å². The number of alkyl halides is 3. The molecule has 1 atom stereocenters. The molecule has 1 aliphatic rings. The highest BCUT2D eigenvalue weighted by Gasteiger charge is 2.29. The van der Waals surface area contributed by atoms with E-state index in [1.54, 1.807) is 6.92 Å². The van der Waals surface area contributed by atoms with Crippen molar-refractivity contribution in [2.75, 3.05) is 13.1 Å². The van der Waals surface area contributed by atoms with E-state index in [1.807, 2.05) is 24.3 Å². The molecule has 2 rings (SSSR count). The second kappa shape index (κ2) is 8.13. The highest BCUT2D eigenvalue weighted by molar-refractivity contribution is 5.27. The summed E-state index contributed by atoms with van der Waals surface area (Å²) in [5.74, 6) is 0. The third kappa shape index (κ3) is 6.49. The van der Waals surface area contributed by atoms with Gasteiger partial charge in [-0.1, -0.05) is 24.3 Å². The van der Waals surface area contributed by atoms with Gasteiger partial charge in [0, 0.05) is 32.2 Å². The number of likely N-dealkylation sites (tertiary alicyclic amines) is 1. The van der Waals surface area contributed by atoms with Gasteiger partial charge in [-0.05, 0) is 30.9 Å². The molecule has 6 heteroatoms. The molecule has 1 unspecified atom stereocenters. The van der Waals surface area contributed by atoms with Crippen molar-refractivity contribution in [1.82, 2.24) is 10.2 Å². The quantitative estimate of drug-likeness (QED) is 0.841. The van der Waals surface area contributed by atoms with Gasteiger partial charge in [-0.3, -0.25) is 4.90 Å². The molecule has 0 aliphatic carbocycles. The van der Waals surface area contributed by atoms with Crippen LogP contribution in [0, 0.1) is 0 Å². The molecule has 1 aliphatic heterocycles. The van der Waals surface area contributed by atoms with Crippen LogP contribution >= 0.6 is 0 Å². The van der Waals surface area contributed by atoms with Gasteiger partial charge in [-0.25, -0.2) is 0 Å². The summed E-state index contributed by atoms with van der Waals surface area (Å²) in [7, 11) is 0. The Labute approximate surface area is 135 Å². The SMILES string of the molecule is CC(CC(F)(F)F)NCc1ccccc1CN1CCC(O)CC1. The van der Waals surface area contributed by atoms with Crippen molar-refractivity contribution in [2.24, 2.45) is 0 Å². The van der Waals surface area contributed by atoms with Crippen LogP contribution in [0.4, 0.5) is 13.2 Å². The maximum Gasteiger partial charge on any atom is 0.390 e. The molecule has 1 fully saturated rings. The van der Waals surface area contributed by atoms with Gasteiger partial charge in [0.2, 0.25) is 0 Å². The summed E-state index contributed by atoms with van der Waals surface area (Å²) in [5, 5.41) is 12.5. The van der Waals surface area contributed by atoms with Crippen LogP contribution in [-0.4, -0.2) is 41.4 Å². The molecule has 0 bridgehead atoms. The minimum Gasteiger partial charge on any atom is -0.393 e. The fraction of sp³-hybridized carbons (Fsp3) is 0.647. The van der Waals surface area contributed by atoms with E-state index in [0.29, 0.717) is 6.54 Å². The van der Waals surface area contributed by atoms with Crippen LogP contribution in [0.25, 0.3) is 0 Å². The normalized spacial score (nSPS) is 19.0. The van der Waals surface area contributed by atoms with Gasteiger partial charge < -0.3 is 10.4 Å². The first-order valence-electron chi connectivity index (χ1n) is 8.11. The third-order valence-corrected chi connectivity index (χ3v) is 4.25. The maximum atomic E-state index is 12.4. The summed E-state index contributed by atoms with van der Waals surface area (Å²) in [5.41, 5.74) is 2.17. The van der Waals surface area contributed by atoms with E-state index < -0.39 is 18.6 Å². The molecule has 3 nitrogen and oxygen atoms in total. The first kappa shape index (κ1) is 18.2. The average Bonchev–Trinajstić information content (AvgIpc) is 2.47. The van der Waals surface area contributed by atoms with Gasteiger partial charge in [0.15, 0.2) is 0 Å². The molecule has 1 heterocycles. The predicted octanol–water partition coefficient (Wildman–Crippen LogP) is 3.07. The number of halogens is 3. The minimum absolute atomic E-state index is 0.202. The second-order valence-corrected chi connectivity index (χ2v) is 6.38. The molecule has 23 heavy (non-hydrogen) atoms. The summed E-state index contributed by atoms with van der Waals surface area (Å²) in [6.45, 7) is 4.48. The molecule has 2 N–H and O–H groups in total. The highest BCUT2D eigenvalue weighted by atomic mass is 19.4. The first-order valence-corrected chi connectivity index (χ1v) is 8.11. The van der Waals surface area contributed by atoms with Crippen molar-refractivity contribution in [2.45, 2.75) is 57.6 Å². The Morgan fingerprint density at radius 3 is 2.43 bits per heavy atom. The van der Waals surface area contributed by atoms with E-state index in [-0.39, 0.29) is 6.10 Å². The van der Waals surface area contributed by atoms with Crippen LogP contribution in [-0.2, 0) is 13.1 Å². The Morgan fingerprint density at radius 2 is 1.83 bits per heavy atom. The lowest BCUT2D eigenvalue weighted by Gasteiger charge is -2.30. The topological polar surface area (TPSA) is 35.5 Å². The summed E-state index contributed by atoms with van der Waals surface area (Å²) in [6, 6.07) is 7.25.